The summed E-state index contributed by atoms with van der Waals surface area (Å²) in [7, 11) is 0. The molecule has 0 atom stereocenters. The van der Waals surface area contributed by atoms with Gasteiger partial charge in [0.1, 0.15) is 5.69 Å². The van der Waals surface area contributed by atoms with E-state index in [9.17, 15) is 0 Å². The third-order valence-electron chi connectivity index (χ3n) is 4.25. The Bertz CT molecular complexity index is 1080. The van der Waals surface area contributed by atoms with Gasteiger partial charge in [0.05, 0.1) is 5.69 Å². The van der Waals surface area contributed by atoms with E-state index in [4.69, 9.17) is 0 Å². The van der Waals surface area contributed by atoms with Gasteiger partial charge in [0.15, 0.2) is 10.8 Å². The number of pyridine rings is 1. The van der Waals surface area contributed by atoms with Crippen molar-refractivity contribution < 1.29 is 0 Å². The third kappa shape index (κ3) is 2.82. The highest BCUT2D eigenvalue weighted by Crippen LogP contribution is 2.23. The largest absolute Gasteiger partial charge is 0.349 e. The summed E-state index contributed by atoms with van der Waals surface area (Å²) >= 11 is 1.67. The molecule has 0 bridgehead atoms. The molecule has 0 unspecified atom stereocenters. The molecule has 4 aromatic rings. The third-order valence-corrected chi connectivity index (χ3v) is 5.25. The number of hydrogen-bond acceptors (Lipinski definition) is 7. The van der Waals surface area contributed by atoms with Crippen LogP contribution in [0.4, 0.5) is 5.13 Å². The minimum absolute atomic E-state index is 0.650. The van der Waals surface area contributed by atoms with Gasteiger partial charge in [-0.25, -0.2) is 4.98 Å². The Kier molecular flexibility index (Phi) is 4.34. The summed E-state index contributed by atoms with van der Waals surface area (Å²) in [6.07, 6.45) is 5.72. The van der Waals surface area contributed by atoms with E-state index in [1.54, 1.807) is 22.0 Å². The lowest BCUT2D eigenvalue weighted by molar-refractivity contribution is 0.860. The summed E-state index contributed by atoms with van der Waals surface area (Å²) in [5.74, 6) is 0.650. The zero-order valence-corrected chi connectivity index (χ0v) is 15.7. The van der Waals surface area contributed by atoms with Crippen LogP contribution in [0.3, 0.4) is 0 Å². The molecule has 4 heterocycles. The number of rotatable bonds is 5. The van der Waals surface area contributed by atoms with Crippen molar-refractivity contribution >= 4 is 28.2 Å². The van der Waals surface area contributed by atoms with Crippen molar-refractivity contribution in [2.75, 3.05) is 18.0 Å². The Hall–Kier alpha value is -2.87. The van der Waals surface area contributed by atoms with Gasteiger partial charge < -0.3 is 4.90 Å². The molecule has 0 aliphatic carbocycles. The van der Waals surface area contributed by atoms with Crippen LogP contribution in [-0.2, 0) is 0 Å². The lowest BCUT2D eigenvalue weighted by Gasteiger charge is -2.16. The van der Waals surface area contributed by atoms with Gasteiger partial charge in [-0.3, -0.25) is 4.98 Å². The number of fused-ring (bicyclic) bond motifs is 1. The maximum atomic E-state index is 4.61. The number of aromatic nitrogens is 6. The van der Waals surface area contributed by atoms with Crippen molar-refractivity contribution in [2.24, 2.45) is 0 Å². The normalized spacial score (nSPS) is 12.2. The second-order valence-corrected chi connectivity index (χ2v) is 6.88. The smallest absolute Gasteiger partial charge is 0.203 e. The summed E-state index contributed by atoms with van der Waals surface area (Å²) in [5, 5.41) is 15.2. The Balaban J connectivity index is 1.79. The second-order valence-electron chi connectivity index (χ2n) is 5.83. The van der Waals surface area contributed by atoms with Gasteiger partial charge >= 0.3 is 0 Å². The molecule has 0 saturated heterocycles. The highest BCUT2D eigenvalue weighted by molar-refractivity contribution is 7.16. The van der Waals surface area contributed by atoms with Gasteiger partial charge in [-0.1, -0.05) is 17.4 Å². The van der Waals surface area contributed by atoms with Crippen LogP contribution in [0.2, 0.25) is 0 Å². The molecule has 4 aromatic heterocycles. The molecule has 26 heavy (non-hydrogen) atoms. The summed E-state index contributed by atoms with van der Waals surface area (Å²) in [4.78, 5) is 12.2. The summed E-state index contributed by atoms with van der Waals surface area (Å²) in [6, 6.07) is 5.71. The number of nitrogens with zero attached hydrogens (tertiary/aromatic N) is 7. The predicted molar refractivity (Wildman–Crippen MR) is 103 cm³/mol. The topological polar surface area (TPSA) is 72.1 Å². The van der Waals surface area contributed by atoms with Crippen molar-refractivity contribution in [2.45, 2.75) is 20.8 Å². The second kappa shape index (κ2) is 6.80. The molecule has 0 aromatic carbocycles. The fourth-order valence-corrected chi connectivity index (χ4v) is 3.84. The van der Waals surface area contributed by atoms with Crippen LogP contribution >= 0.6 is 11.3 Å². The Morgan fingerprint density at radius 2 is 2.00 bits per heavy atom. The number of hydrogen-bond donors (Lipinski definition) is 0. The van der Waals surface area contributed by atoms with E-state index in [0.29, 0.717) is 5.82 Å². The van der Waals surface area contributed by atoms with Crippen LogP contribution in [0.15, 0.2) is 30.6 Å². The van der Waals surface area contributed by atoms with Crippen molar-refractivity contribution in [3.63, 3.8) is 0 Å². The van der Waals surface area contributed by atoms with Gasteiger partial charge in [-0.2, -0.15) is 9.61 Å². The van der Waals surface area contributed by atoms with Gasteiger partial charge in [0.25, 0.3) is 0 Å². The summed E-state index contributed by atoms with van der Waals surface area (Å²) in [5.41, 5.74) is 2.40. The van der Waals surface area contributed by atoms with Gasteiger partial charge in [-0.05, 0) is 39.0 Å². The first-order valence-electron chi connectivity index (χ1n) is 8.56. The summed E-state index contributed by atoms with van der Waals surface area (Å²) in [6.45, 7) is 8.15. The number of aryl methyl sites for hydroxylation is 1. The monoisotopic (exact) mass is 365 g/mol. The zero-order chi connectivity index (χ0) is 18.1. The predicted octanol–water partition coefficient (Wildman–Crippen LogP) is 2.35. The van der Waals surface area contributed by atoms with E-state index in [2.05, 4.69) is 50.1 Å². The average Bonchev–Trinajstić information content (AvgIpc) is 3.35. The Morgan fingerprint density at radius 1 is 1.15 bits per heavy atom. The SMILES string of the molecule is CCN(CC)c1ncc(/C=c2\c(C)nn3c(-c4ccccn4)nnc23)s1. The number of thiazole rings is 1. The van der Waals surface area contributed by atoms with Crippen LogP contribution in [0.25, 0.3) is 23.2 Å². The molecule has 0 aliphatic rings. The zero-order valence-electron chi connectivity index (χ0n) is 14.9. The fourth-order valence-electron chi connectivity index (χ4n) is 2.86. The lowest BCUT2D eigenvalue weighted by atomic mass is 10.3. The van der Waals surface area contributed by atoms with Crippen molar-refractivity contribution in [3.05, 3.63) is 46.4 Å². The molecule has 4 rings (SSSR count). The highest BCUT2D eigenvalue weighted by atomic mass is 32.1. The van der Waals surface area contributed by atoms with E-state index in [1.165, 1.54) is 0 Å². The molecule has 0 spiro atoms. The molecular formula is C18H19N7S. The molecule has 0 radical (unpaired) electrons. The van der Waals surface area contributed by atoms with Gasteiger partial charge in [0.2, 0.25) is 5.82 Å². The number of anilines is 1. The molecule has 132 valence electrons. The van der Waals surface area contributed by atoms with Crippen molar-refractivity contribution in [1.82, 2.24) is 29.8 Å². The quantitative estimate of drug-likeness (QED) is 0.541. The molecule has 7 nitrogen and oxygen atoms in total. The van der Waals surface area contributed by atoms with E-state index in [1.807, 2.05) is 31.3 Å². The maximum absolute atomic E-state index is 4.61. The van der Waals surface area contributed by atoms with E-state index in [-0.39, 0.29) is 0 Å². The average molecular weight is 365 g/mol. The van der Waals surface area contributed by atoms with Gasteiger partial charge in [-0.15, -0.1) is 10.2 Å². The van der Waals surface area contributed by atoms with E-state index >= 15 is 0 Å². The first-order chi connectivity index (χ1) is 12.7. The van der Waals surface area contributed by atoms with E-state index < -0.39 is 0 Å². The molecule has 0 N–H and O–H groups in total. The van der Waals surface area contributed by atoms with Crippen LogP contribution in [0, 0.1) is 6.92 Å². The summed E-state index contributed by atoms with van der Waals surface area (Å²) < 4.78 is 1.76. The van der Waals surface area contributed by atoms with Gasteiger partial charge in [0, 0.05) is 35.6 Å². The Labute approximate surface area is 155 Å². The standard InChI is InChI=1S/C18H19N7S/c1-4-24(5-2)18-20-11-13(26-18)10-14-12(3)23-25-16(14)21-22-17(25)15-8-6-7-9-19-15/h6-11H,4-5H2,1-3H3/b14-10+. The van der Waals surface area contributed by atoms with Crippen LogP contribution in [0.5, 0.6) is 0 Å². The lowest BCUT2D eigenvalue weighted by Crippen LogP contribution is -2.21. The molecular weight excluding hydrogens is 346 g/mol. The molecule has 0 aliphatic heterocycles. The first-order valence-corrected chi connectivity index (χ1v) is 9.38. The molecule has 8 heteroatoms. The van der Waals surface area contributed by atoms with Crippen LogP contribution < -0.4 is 10.1 Å². The van der Waals surface area contributed by atoms with Crippen molar-refractivity contribution in [1.29, 1.82) is 0 Å². The van der Waals surface area contributed by atoms with Crippen LogP contribution in [0.1, 0.15) is 24.4 Å². The minimum atomic E-state index is 0.650. The van der Waals surface area contributed by atoms with Crippen molar-refractivity contribution in [3.8, 4) is 11.5 Å². The van der Waals surface area contributed by atoms with E-state index in [0.717, 1.165) is 45.4 Å². The molecule has 0 amide bonds. The molecule has 0 fully saturated rings. The first kappa shape index (κ1) is 16.6. The highest BCUT2D eigenvalue weighted by Gasteiger charge is 2.15. The molecule has 0 saturated carbocycles. The minimum Gasteiger partial charge on any atom is -0.349 e. The Morgan fingerprint density at radius 3 is 2.73 bits per heavy atom. The van der Waals surface area contributed by atoms with Crippen LogP contribution in [-0.4, -0.2) is 42.9 Å². The maximum Gasteiger partial charge on any atom is 0.203 e. The fraction of sp³-hybridized carbons (Fsp3) is 0.278.